The molecule has 0 amide bonds. The maximum atomic E-state index is 13.5. The second kappa shape index (κ2) is 11.9. The number of piperazine rings is 1. The van der Waals surface area contributed by atoms with E-state index in [0.717, 1.165) is 37.7 Å². The molecule has 0 unspecified atom stereocenters. The average molecular weight is 543 g/mol. The summed E-state index contributed by atoms with van der Waals surface area (Å²) < 4.78 is 34.9. The van der Waals surface area contributed by atoms with Crippen molar-refractivity contribution in [3.63, 3.8) is 0 Å². The molecule has 1 aliphatic heterocycles. The van der Waals surface area contributed by atoms with Crippen LogP contribution in [0.2, 0.25) is 0 Å². The molecule has 39 heavy (non-hydrogen) atoms. The lowest BCUT2D eigenvalue weighted by atomic mass is 10.1. The summed E-state index contributed by atoms with van der Waals surface area (Å²) in [5.41, 5.74) is 2.34. The van der Waals surface area contributed by atoms with Gasteiger partial charge < -0.3 is 19.9 Å². The van der Waals surface area contributed by atoms with Crippen LogP contribution in [0, 0.1) is 0 Å². The van der Waals surface area contributed by atoms with Crippen molar-refractivity contribution in [1.29, 1.82) is 0 Å². The first-order valence-electron chi connectivity index (χ1n) is 12.0. The summed E-state index contributed by atoms with van der Waals surface area (Å²) in [5.74, 6) is -2.15. The number of benzene rings is 2. The zero-order chi connectivity index (χ0) is 28.0. The molecule has 204 valence electrons. The van der Waals surface area contributed by atoms with Crippen molar-refractivity contribution in [3.8, 4) is 0 Å². The Kier molecular flexibility index (Phi) is 8.39. The number of aromatic nitrogens is 4. The fourth-order valence-electron chi connectivity index (χ4n) is 4.06. The van der Waals surface area contributed by atoms with Crippen LogP contribution in [0.3, 0.4) is 0 Å². The molecule has 2 aromatic carbocycles. The SMILES string of the molecule is O=C(Cn1ncc2nc(N3CCNCC3)n(Cc3ccccc3)c2c1=O)c1ccccc1.O=C(O)C(F)(F)F. The van der Waals surface area contributed by atoms with Crippen LogP contribution in [0.4, 0.5) is 19.1 Å². The highest BCUT2D eigenvalue weighted by Gasteiger charge is 2.38. The van der Waals surface area contributed by atoms with E-state index in [2.05, 4.69) is 15.3 Å². The van der Waals surface area contributed by atoms with Gasteiger partial charge in [0.2, 0.25) is 5.95 Å². The lowest BCUT2D eigenvalue weighted by Crippen LogP contribution is -2.44. The Hall–Kier alpha value is -4.52. The van der Waals surface area contributed by atoms with Gasteiger partial charge in [0, 0.05) is 31.7 Å². The number of carbonyl (C=O) groups excluding carboxylic acids is 1. The number of anilines is 1. The highest BCUT2D eigenvalue weighted by Crippen LogP contribution is 2.22. The molecule has 1 saturated heterocycles. The number of fused-ring (bicyclic) bond motifs is 1. The fourth-order valence-corrected chi connectivity index (χ4v) is 4.06. The number of aliphatic carboxylic acids is 1. The summed E-state index contributed by atoms with van der Waals surface area (Å²) in [4.78, 5) is 42.0. The van der Waals surface area contributed by atoms with E-state index in [1.807, 2.05) is 41.0 Å². The van der Waals surface area contributed by atoms with Gasteiger partial charge in [-0.15, -0.1) is 0 Å². The first-order chi connectivity index (χ1) is 18.6. The molecule has 4 aromatic rings. The number of nitrogens with zero attached hydrogens (tertiary/aromatic N) is 5. The predicted octanol–water partition coefficient (Wildman–Crippen LogP) is 2.57. The Morgan fingerprint density at radius 2 is 1.56 bits per heavy atom. The third-order valence-electron chi connectivity index (χ3n) is 5.95. The molecule has 5 rings (SSSR count). The zero-order valence-electron chi connectivity index (χ0n) is 20.6. The molecule has 3 heterocycles. The zero-order valence-corrected chi connectivity index (χ0v) is 20.6. The van der Waals surface area contributed by atoms with E-state index in [9.17, 15) is 22.8 Å². The Morgan fingerprint density at radius 3 is 2.15 bits per heavy atom. The van der Waals surface area contributed by atoms with Crippen LogP contribution in [-0.2, 0) is 17.9 Å². The van der Waals surface area contributed by atoms with Crippen molar-refractivity contribution < 1.29 is 27.9 Å². The molecule has 1 aliphatic rings. The van der Waals surface area contributed by atoms with Gasteiger partial charge in [-0.25, -0.2) is 14.5 Å². The maximum absolute atomic E-state index is 13.5. The first kappa shape index (κ1) is 27.5. The Morgan fingerprint density at radius 1 is 0.974 bits per heavy atom. The van der Waals surface area contributed by atoms with Crippen LogP contribution < -0.4 is 15.8 Å². The van der Waals surface area contributed by atoms with E-state index in [-0.39, 0.29) is 17.9 Å². The molecular weight excluding hydrogens is 517 g/mol. The maximum Gasteiger partial charge on any atom is 0.490 e. The monoisotopic (exact) mass is 542 g/mol. The van der Waals surface area contributed by atoms with E-state index in [0.29, 0.717) is 23.1 Å². The lowest BCUT2D eigenvalue weighted by Gasteiger charge is -2.28. The first-order valence-corrected chi connectivity index (χ1v) is 12.0. The van der Waals surface area contributed by atoms with E-state index >= 15 is 0 Å². The summed E-state index contributed by atoms with van der Waals surface area (Å²) in [5, 5.41) is 14.7. The quantitative estimate of drug-likeness (QED) is 0.357. The van der Waals surface area contributed by atoms with Crippen LogP contribution in [0.25, 0.3) is 11.0 Å². The Bertz CT molecular complexity index is 1500. The summed E-state index contributed by atoms with van der Waals surface area (Å²) in [6.45, 7) is 3.75. The number of carbonyl (C=O) groups is 2. The number of hydrogen-bond acceptors (Lipinski definition) is 7. The van der Waals surface area contributed by atoms with Crippen LogP contribution in [0.1, 0.15) is 15.9 Å². The minimum atomic E-state index is -5.08. The number of rotatable bonds is 6. The van der Waals surface area contributed by atoms with Crippen molar-refractivity contribution in [2.75, 3.05) is 31.1 Å². The Labute approximate surface area is 220 Å². The topological polar surface area (TPSA) is 122 Å². The van der Waals surface area contributed by atoms with Crippen molar-refractivity contribution in [2.24, 2.45) is 0 Å². The summed E-state index contributed by atoms with van der Waals surface area (Å²) in [7, 11) is 0. The van der Waals surface area contributed by atoms with Gasteiger partial charge in [0.15, 0.2) is 5.78 Å². The highest BCUT2D eigenvalue weighted by molar-refractivity contribution is 5.95. The van der Waals surface area contributed by atoms with Gasteiger partial charge in [0.25, 0.3) is 5.56 Å². The van der Waals surface area contributed by atoms with Crippen molar-refractivity contribution in [3.05, 3.63) is 88.3 Å². The number of nitrogens with one attached hydrogen (secondary N) is 1. The number of hydrogen-bond donors (Lipinski definition) is 2. The average Bonchev–Trinajstić information content (AvgIpc) is 3.30. The molecule has 0 spiro atoms. The molecule has 0 atom stereocenters. The van der Waals surface area contributed by atoms with Gasteiger partial charge in [-0.2, -0.15) is 18.3 Å². The van der Waals surface area contributed by atoms with Crippen molar-refractivity contribution in [2.45, 2.75) is 19.3 Å². The summed E-state index contributed by atoms with van der Waals surface area (Å²) >= 11 is 0. The van der Waals surface area contributed by atoms with E-state index in [1.165, 1.54) is 4.68 Å². The molecule has 0 radical (unpaired) electrons. The summed E-state index contributed by atoms with van der Waals surface area (Å²) in [6, 6.07) is 19.0. The number of imidazole rings is 1. The number of ketones is 1. The minimum absolute atomic E-state index is 0.113. The second-order valence-corrected chi connectivity index (χ2v) is 8.65. The third kappa shape index (κ3) is 6.68. The van der Waals surface area contributed by atoms with Crippen LogP contribution in [0.5, 0.6) is 0 Å². The molecule has 1 fully saturated rings. The molecule has 0 bridgehead atoms. The van der Waals surface area contributed by atoms with Crippen molar-refractivity contribution in [1.82, 2.24) is 24.6 Å². The van der Waals surface area contributed by atoms with Crippen molar-refractivity contribution >= 4 is 28.7 Å². The van der Waals surface area contributed by atoms with E-state index in [4.69, 9.17) is 14.9 Å². The van der Waals surface area contributed by atoms with Gasteiger partial charge in [-0.3, -0.25) is 9.59 Å². The van der Waals surface area contributed by atoms with Crippen LogP contribution in [0.15, 0.2) is 71.7 Å². The molecule has 10 nitrogen and oxygen atoms in total. The van der Waals surface area contributed by atoms with Crippen LogP contribution in [-0.4, -0.2) is 68.5 Å². The standard InChI is InChI=1S/C24H24N6O2.C2HF3O2/c31-21(19-9-5-2-6-10-19)17-30-23(32)22-20(15-26-30)27-24(28-13-11-25-12-14-28)29(22)16-18-7-3-1-4-8-18;3-2(4,5)1(6)7/h1-10,15,25H,11-14,16-17H2;(H,6,7). The minimum Gasteiger partial charge on any atom is -0.475 e. The third-order valence-corrected chi connectivity index (χ3v) is 5.95. The number of halogens is 3. The van der Waals surface area contributed by atoms with Gasteiger partial charge in [0.05, 0.1) is 12.7 Å². The number of Topliss-reactive ketones (excluding diaryl/α,β-unsaturated/α-hetero) is 1. The molecule has 0 saturated carbocycles. The smallest absolute Gasteiger partial charge is 0.475 e. The second-order valence-electron chi connectivity index (χ2n) is 8.65. The lowest BCUT2D eigenvalue weighted by molar-refractivity contribution is -0.192. The highest BCUT2D eigenvalue weighted by atomic mass is 19.4. The fraction of sp³-hybridized carbons (Fsp3) is 0.269. The van der Waals surface area contributed by atoms with Crippen LogP contribution >= 0.6 is 0 Å². The van der Waals surface area contributed by atoms with E-state index < -0.39 is 12.1 Å². The summed E-state index contributed by atoms with van der Waals surface area (Å²) in [6.07, 6.45) is -3.50. The van der Waals surface area contributed by atoms with Gasteiger partial charge in [-0.05, 0) is 5.56 Å². The Balaban J connectivity index is 0.000000448. The number of carboxylic acid groups (broad SMARTS) is 1. The number of carboxylic acids is 1. The normalized spacial score (nSPS) is 13.6. The number of alkyl halides is 3. The largest absolute Gasteiger partial charge is 0.490 e. The molecule has 0 aliphatic carbocycles. The molecule has 13 heteroatoms. The predicted molar refractivity (Wildman–Crippen MR) is 137 cm³/mol. The van der Waals surface area contributed by atoms with Gasteiger partial charge in [-0.1, -0.05) is 60.7 Å². The van der Waals surface area contributed by atoms with Gasteiger partial charge in [0.1, 0.15) is 17.6 Å². The molecule has 2 N–H and O–H groups in total. The van der Waals surface area contributed by atoms with E-state index in [1.54, 1.807) is 30.5 Å². The van der Waals surface area contributed by atoms with Gasteiger partial charge >= 0.3 is 12.1 Å². The molecule has 2 aromatic heterocycles. The molecular formula is C26H25F3N6O4.